The van der Waals surface area contributed by atoms with Gasteiger partial charge in [-0.1, -0.05) is 31.4 Å². The molecule has 2 aliphatic rings. The van der Waals surface area contributed by atoms with Crippen molar-refractivity contribution in [2.24, 2.45) is 0 Å². The summed E-state index contributed by atoms with van der Waals surface area (Å²) in [5.74, 6) is 0.643. The van der Waals surface area contributed by atoms with Gasteiger partial charge in [0, 0.05) is 31.7 Å². The van der Waals surface area contributed by atoms with E-state index in [1.165, 1.54) is 48.2 Å². The summed E-state index contributed by atoms with van der Waals surface area (Å²) in [7, 11) is -3.19. The van der Waals surface area contributed by atoms with Gasteiger partial charge in [-0.2, -0.15) is 0 Å². The van der Waals surface area contributed by atoms with Crippen molar-refractivity contribution in [1.82, 2.24) is 9.21 Å². The van der Waals surface area contributed by atoms with Crippen molar-refractivity contribution in [3.05, 3.63) is 35.4 Å². The fraction of sp³-hybridized carbons (Fsp3) is 0.632. The summed E-state index contributed by atoms with van der Waals surface area (Å²) >= 11 is 0. The van der Waals surface area contributed by atoms with Crippen molar-refractivity contribution in [2.75, 3.05) is 32.4 Å². The maximum Gasteiger partial charge on any atom is 0.253 e. The lowest BCUT2D eigenvalue weighted by Gasteiger charge is -2.23. The molecule has 1 aromatic rings. The molecule has 1 saturated carbocycles. The Morgan fingerprint density at radius 2 is 1.60 bits per heavy atom. The van der Waals surface area contributed by atoms with Crippen LogP contribution in [-0.2, 0) is 10.0 Å². The molecule has 0 bridgehead atoms. The molecule has 0 unspecified atom stereocenters. The molecule has 1 aliphatic carbocycles. The molecular formula is C19H28N2O3S. The summed E-state index contributed by atoms with van der Waals surface area (Å²) < 4.78 is 24.9. The minimum atomic E-state index is -3.19. The van der Waals surface area contributed by atoms with E-state index in [1.807, 2.05) is 12.1 Å². The van der Waals surface area contributed by atoms with E-state index in [0.29, 0.717) is 44.1 Å². The van der Waals surface area contributed by atoms with E-state index in [1.54, 1.807) is 4.90 Å². The van der Waals surface area contributed by atoms with E-state index in [9.17, 15) is 13.2 Å². The van der Waals surface area contributed by atoms with Crippen LogP contribution in [0.25, 0.3) is 0 Å². The maximum absolute atomic E-state index is 12.8. The molecule has 1 aromatic carbocycles. The Kier molecular flexibility index (Phi) is 5.79. The summed E-state index contributed by atoms with van der Waals surface area (Å²) in [5.41, 5.74) is 2.04. The molecule has 25 heavy (non-hydrogen) atoms. The quantitative estimate of drug-likeness (QED) is 0.829. The van der Waals surface area contributed by atoms with Crippen LogP contribution in [0.4, 0.5) is 0 Å². The summed E-state index contributed by atoms with van der Waals surface area (Å²) in [6.07, 6.45) is 8.35. The van der Waals surface area contributed by atoms with Crippen LogP contribution in [-0.4, -0.2) is 56.0 Å². The fourth-order valence-electron chi connectivity index (χ4n) is 3.94. The number of hydrogen-bond donors (Lipinski definition) is 0. The van der Waals surface area contributed by atoms with E-state index in [-0.39, 0.29) is 5.91 Å². The molecule has 6 heteroatoms. The third-order valence-corrected chi connectivity index (χ3v) is 6.75. The van der Waals surface area contributed by atoms with Crippen molar-refractivity contribution >= 4 is 15.9 Å². The zero-order chi connectivity index (χ0) is 17.9. The van der Waals surface area contributed by atoms with Gasteiger partial charge in [0.2, 0.25) is 10.0 Å². The average Bonchev–Trinajstić information content (AvgIpc) is 2.88. The van der Waals surface area contributed by atoms with Crippen molar-refractivity contribution in [3.63, 3.8) is 0 Å². The summed E-state index contributed by atoms with van der Waals surface area (Å²) in [5, 5.41) is 0. The minimum absolute atomic E-state index is 0.00513. The van der Waals surface area contributed by atoms with Crippen molar-refractivity contribution in [3.8, 4) is 0 Å². The second kappa shape index (κ2) is 7.87. The van der Waals surface area contributed by atoms with Gasteiger partial charge >= 0.3 is 0 Å². The average molecular weight is 365 g/mol. The van der Waals surface area contributed by atoms with Crippen LogP contribution in [0.3, 0.4) is 0 Å². The number of carbonyl (C=O) groups excluding carboxylic acids is 1. The van der Waals surface area contributed by atoms with Gasteiger partial charge in [0.1, 0.15) is 0 Å². The van der Waals surface area contributed by atoms with Crippen LogP contribution < -0.4 is 0 Å². The lowest BCUT2D eigenvalue weighted by atomic mass is 9.84. The van der Waals surface area contributed by atoms with Crippen LogP contribution in [0.1, 0.15) is 60.4 Å². The first-order chi connectivity index (χ1) is 11.9. The number of carbonyl (C=O) groups is 1. The molecule has 2 fully saturated rings. The summed E-state index contributed by atoms with van der Waals surface area (Å²) in [6.45, 7) is 1.93. The van der Waals surface area contributed by atoms with Gasteiger partial charge in [-0.05, 0) is 42.9 Å². The minimum Gasteiger partial charge on any atom is -0.337 e. The molecule has 0 N–H and O–H groups in total. The van der Waals surface area contributed by atoms with Gasteiger partial charge < -0.3 is 4.90 Å². The lowest BCUT2D eigenvalue weighted by Crippen LogP contribution is -2.36. The van der Waals surface area contributed by atoms with Gasteiger partial charge in [-0.25, -0.2) is 12.7 Å². The first-order valence-electron chi connectivity index (χ1n) is 9.29. The van der Waals surface area contributed by atoms with Crippen LogP contribution >= 0.6 is 0 Å². The zero-order valence-electron chi connectivity index (χ0n) is 15.0. The third-order valence-electron chi connectivity index (χ3n) is 5.45. The molecule has 0 radical (unpaired) electrons. The zero-order valence-corrected chi connectivity index (χ0v) is 15.8. The first-order valence-corrected chi connectivity index (χ1v) is 11.1. The highest BCUT2D eigenvalue weighted by molar-refractivity contribution is 7.88. The first kappa shape index (κ1) is 18.4. The SMILES string of the molecule is CS(=O)(=O)N1CCCN(C(=O)c2ccc(C3CCCCC3)cc2)CC1. The number of amides is 1. The van der Waals surface area contributed by atoms with Gasteiger partial charge in [0.25, 0.3) is 5.91 Å². The van der Waals surface area contributed by atoms with Crippen molar-refractivity contribution in [2.45, 2.75) is 44.4 Å². The standard InChI is InChI=1S/C19H28N2O3S/c1-25(23,24)21-13-5-12-20(14-15-21)19(22)18-10-8-17(9-11-18)16-6-3-2-4-7-16/h8-11,16H,2-7,12-15H2,1H3. The van der Waals surface area contributed by atoms with E-state index in [0.717, 1.165) is 0 Å². The van der Waals surface area contributed by atoms with Crippen LogP contribution in [0, 0.1) is 0 Å². The number of hydrogen-bond acceptors (Lipinski definition) is 3. The Hall–Kier alpha value is -1.40. The molecule has 5 nitrogen and oxygen atoms in total. The maximum atomic E-state index is 12.8. The molecular weight excluding hydrogens is 336 g/mol. The highest BCUT2D eigenvalue weighted by Crippen LogP contribution is 2.32. The second-order valence-electron chi connectivity index (χ2n) is 7.26. The normalized spacial score (nSPS) is 21.1. The topological polar surface area (TPSA) is 57.7 Å². The number of sulfonamides is 1. The van der Waals surface area contributed by atoms with Crippen LogP contribution in [0.5, 0.6) is 0 Å². The highest BCUT2D eigenvalue weighted by atomic mass is 32.2. The van der Waals surface area contributed by atoms with E-state index in [2.05, 4.69) is 12.1 Å². The van der Waals surface area contributed by atoms with Gasteiger partial charge in [0.15, 0.2) is 0 Å². The molecule has 138 valence electrons. The van der Waals surface area contributed by atoms with Crippen molar-refractivity contribution < 1.29 is 13.2 Å². The Labute approximate surface area is 151 Å². The molecule has 0 spiro atoms. The largest absolute Gasteiger partial charge is 0.337 e. The predicted octanol–water partition coefficient (Wildman–Crippen LogP) is 2.84. The highest BCUT2D eigenvalue weighted by Gasteiger charge is 2.24. The number of rotatable bonds is 3. The smallest absolute Gasteiger partial charge is 0.253 e. The Bertz CT molecular complexity index is 694. The second-order valence-corrected chi connectivity index (χ2v) is 9.25. The van der Waals surface area contributed by atoms with E-state index in [4.69, 9.17) is 0 Å². The van der Waals surface area contributed by atoms with E-state index >= 15 is 0 Å². The molecule has 1 saturated heterocycles. The number of nitrogens with zero attached hydrogens (tertiary/aromatic N) is 2. The monoisotopic (exact) mass is 364 g/mol. The van der Waals surface area contributed by atoms with Crippen LogP contribution in [0.2, 0.25) is 0 Å². The van der Waals surface area contributed by atoms with Crippen LogP contribution in [0.15, 0.2) is 24.3 Å². The molecule has 3 rings (SSSR count). The van der Waals surface area contributed by atoms with Gasteiger partial charge in [0.05, 0.1) is 6.26 Å². The Balaban J connectivity index is 1.64. The van der Waals surface area contributed by atoms with Gasteiger partial charge in [-0.15, -0.1) is 0 Å². The fourth-order valence-corrected chi connectivity index (χ4v) is 4.82. The summed E-state index contributed by atoms with van der Waals surface area (Å²) in [6, 6.07) is 8.07. The number of benzene rings is 1. The Morgan fingerprint density at radius 3 is 2.24 bits per heavy atom. The molecule has 1 aliphatic heterocycles. The predicted molar refractivity (Wildman–Crippen MR) is 99.2 cm³/mol. The molecule has 0 aromatic heterocycles. The van der Waals surface area contributed by atoms with E-state index < -0.39 is 10.0 Å². The molecule has 0 atom stereocenters. The van der Waals surface area contributed by atoms with Gasteiger partial charge in [-0.3, -0.25) is 4.79 Å². The molecule has 1 amide bonds. The van der Waals surface area contributed by atoms with Crippen molar-refractivity contribution in [1.29, 1.82) is 0 Å². The third kappa shape index (κ3) is 4.61. The summed E-state index contributed by atoms with van der Waals surface area (Å²) in [4.78, 5) is 14.5. The molecule has 1 heterocycles. The lowest BCUT2D eigenvalue weighted by molar-refractivity contribution is 0.0764. The Morgan fingerprint density at radius 1 is 0.920 bits per heavy atom.